The maximum atomic E-state index is 9.44. The van der Waals surface area contributed by atoms with Gasteiger partial charge in [-0.05, 0) is 12.0 Å². The Balaban J connectivity index is 2.91. The van der Waals surface area contributed by atoms with Crippen molar-refractivity contribution >= 4 is 0 Å². The van der Waals surface area contributed by atoms with Crippen LogP contribution in [0.25, 0.3) is 0 Å². The smallest absolute Gasteiger partial charge is 0.111 e. The number of aliphatic hydroxyl groups excluding tert-OH is 3. The van der Waals surface area contributed by atoms with Crippen LogP contribution in [0.4, 0.5) is 0 Å². The van der Waals surface area contributed by atoms with Crippen molar-refractivity contribution < 1.29 is 16.7 Å². The van der Waals surface area contributed by atoms with E-state index < -0.39 is 30.8 Å². The van der Waals surface area contributed by atoms with Gasteiger partial charge in [-0.15, -0.1) is 0 Å². The highest BCUT2D eigenvalue weighted by molar-refractivity contribution is 5.20. The highest BCUT2D eigenvalue weighted by Gasteiger charge is 2.34. The van der Waals surface area contributed by atoms with Crippen molar-refractivity contribution in [1.82, 2.24) is 0 Å². The lowest BCUT2D eigenvalue weighted by molar-refractivity contribution is -0.0575. The zero-order chi connectivity index (χ0) is 10.2. The van der Waals surface area contributed by atoms with Gasteiger partial charge in [0.25, 0.3) is 0 Å². The highest BCUT2D eigenvalue weighted by atomic mass is 16.4. The van der Waals surface area contributed by atoms with Crippen molar-refractivity contribution in [1.29, 1.82) is 0 Å². The van der Waals surface area contributed by atoms with E-state index in [0.29, 0.717) is 5.57 Å². The molecule has 12 heavy (non-hydrogen) atoms. The molecule has 0 spiro atoms. The van der Waals surface area contributed by atoms with Gasteiger partial charge in [-0.25, -0.2) is 0 Å². The van der Waals surface area contributed by atoms with Crippen molar-refractivity contribution in [3.05, 3.63) is 11.6 Å². The first-order valence-corrected chi connectivity index (χ1v) is 3.88. The van der Waals surface area contributed by atoms with E-state index in [1.165, 1.54) is 6.08 Å². The van der Waals surface area contributed by atoms with Crippen LogP contribution >= 0.6 is 0 Å². The molecule has 0 amide bonds. The first-order chi connectivity index (χ1) is 5.95. The van der Waals surface area contributed by atoms with Gasteiger partial charge in [0, 0.05) is 1.37 Å². The van der Waals surface area contributed by atoms with Gasteiger partial charge in [-0.1, -0.05) is 13.0 Å². The summed E-state index contributed by atoms with van der Waals surface area (Å²) in [5.74, 6) is 0. The van der Waals surface area contributed by atoms with Crippen LogP contribution in [0.1, 0.15) is 14.7 Å². The minimum absolute atomic E-state index is 0.366. The molecular formula is C8H15NO3. The second-order valence-corrected chi connectivity index (χ2v) is 2.96. The molecule has 4 heteroatoms. The predicted molar refractivity (Wildman–Crippen MR) is 44.4 cm³/mol. The molecule has 0 radical (unpaired) electrons. The first-order valence-electron chi connectivity index (χ1n) is 4.46. The molecule has 0 bridgehead atoms. The van der Waals surface area contributed by atoms with Gasteiger partial charge in [0.2, 0.25) is 0 Å². The number of hydrogen-bond donors (Lipinski definition) is 4. The topological polar surface area (TPSA) is 86.7 Å². The summed E-state index contributed by atoms with van der Waals surface area (Å²) in [6.07, 6.45) is -2.80. The largest absolute Gasteiger partial charge is 0.388 e. The van der Waals surface area contributed by atoms with E-state index in [4.69, 9.17) is 7.10 Å². The molecule has 0 aromatic carbocycles. The molecule has 1 aliphatic rings. The first kappa shape index (κ1) is 8.19. The lowest BCUT2D eigenvalue weighted by Crippen LogP contribution is -2.51. The van der Waals surface area contributed by atoms with E-state index in [1.807, 2.05) is 0 Å². The predicted octanol–water partition coefficient (Wildman–Crippen LogP) is -1.25. The van der Waals surface area contributed by atoms with Crippen LogP contribution in [0.2, 0.25) is 0 Å². The van der Waals surface area contributed by atoms with Crippen molar-refractivity contribution in [3.8, 4) is 0 Å². The average Bonchev–Trinajstić information content (AvgIpc) is 2.07. The molecule has 0 fully saturated rings. The van der Waals surface area contributed by atoms with Gasteiger partial charge < -0.3 is 21.1 Å². The quantitative estimate of drug-likeness (QED) is 0.375. The summed E-state index contributed by atoms with van der Waals surface area (Å²) < 4.78 is 7.37. The van der Waals surface area contributed by atoms with Crippen molar-refractivity contribution in [2.75, 3.05) is 0 Å². The maximum absolute atomic E-state index is 9.44. The summed E-state index contributed by atoms with van der Waals surface area (Å²) in [7, 11) is 0. The molecule has 5 atom stereocenters. The minimum Gasteiger partial charge on any atom is -0.388 e. The normalized spacial score (nSPS) is 46.4. The standard InChI is InChI=1S/C8H15NO3/c1-2-4-3-5(9)7(11)8(12)6(4)10/h3,5-8,10-12H,2,9H2,1H3/t5?,6?,7?,8-/m0/s1/i2T/t2?,5?,6?,7?,8-. The van der Waals surface area contributed by atoms with Gasteiger partial charge in [0.1, 0.15) is 18.3 Å². The van der Waals surface area contributed by atoms with E-state index in [0.717, 1.165) is 0 Å². The molecule has 0 aliphatic heterocycles. The zero-order valence-electron chi connectivity index (χ0n) is 7.88. The molecule has 0 saturated heterocycles. The lowest BCUT2D eigenvalue weighted by Gasteiger charge is -2.32. The number of aliphatic hydroxyl groups is 3. The monoisotopic (exact) mass is 175 g/mol. The van der Waals surface area contributed by atoms with Gasteiger partial charge in [0.05, 0.1) is 6.04 Å². The van der Waals surface area contributed by atoms with Crippen LogP contribution in [-0.4, -0.2) is 39.7 Å². The molecule has 1 rings (SSSR count). The van der Waals surface area contributed by atoms with Gasteiger partial charge in [0.15, 0.2) is 0 Å². The second-order valence-electron chi connectivity index (χ2n) is 2.96. The summed E-state index contributed by atoms with van der Waals surface area (Å²) in [5, 5.41) is 28.0. The van der Waals surface area contributed by atoms with Gasteiger partial charge in [-0.3, -0.25) is 0 Å². The summed E-state index contributed by atoms with van der Waals surface area (Å²) in [4.78, 5) is 0. The van der Waals surface area contributed by atoms with Crippen LogP contribution < -0.4 is 5.73 Å². The third-order valence-electron chi connectivity index (χ3n) is 2.13. The van der Waals surface area contributed by atoms with Crippen molar-refractivity contribution in [2.24, 2.45) is 5.73 Å². The highest BCUT2D eigenvalue weighted by Crippen LogP contribution is 2.21. The lowest BCUT2D eigenvalue weighted by atomic mass is 9.87. The summed E-state index contributed by atoms with van der Waals surface area (Å²) in [6, 6.07) is -0.707. The molecule has 0 heterocycles. The third kappa shape index (κ3) is 1.51. The van der Waals surface area contributed by atoms with E-state index in [2.05, 4.69) is 0 Å². The Labute approximate surface area is 72.7 Å². The SMILES string of the molecule is [3H]C(C)C1=CC(N)C(O)[C@@H](O)C1O. The molecule has 0 aromatic heterocycles. The Morgan fingerprint density at radius 1 is 1.50 bits per heavy atom. The second kappa shape index (κ2) is 3.53. The van der Waals surface area contributed by atoms with Crippen LogP contribution in [-0.2, 0) is 0 Å². The molecule has 1 aliphatic carbocycles. The molecule has 0 saturated carbocycles. The molecule has 5 N–H and O–H groups in total. The fourth-order valence-electron chi connectivity index (χ4n) is 1.30. The van der Waals surface area contributed by atoms with Crippen molar-refractivity contribution in [3.63, 3.8) is 0 Å². The number of nitrogens with two attached hydrogens (primary N) is 1. The van der Waals surface area contributed by atoms with E-state index in [9.17, 15) is 15.3 Å². The fourth-order valence-corrected chi connectivity index (χ4v) is 1.30. The number of hydrogen-bond acceptors (Lipinski definition) is 4. The molecule has 70 valence electrons. The minimum atomic E-state index is -1.29. The van der Waals surface area contributed by atoms with Crippen molar-refractivity contribution in [2.45, 2.75) is 37.7 Å². The zero-order valence-corrected chi connectivity index (χ0v) is 6.88. The van der Waals surface area contributed by atoms with Gasteiger partial charge >= 0.3 is 0 Å². The third-order valence-corrected chi connectivity index (χ3v) is 2.13. The Morgan fingerprint density at radius 2 is 2.08 bits per heavy atom. The van der Waals surface area contributed by atoms with Crippen LogP contribution in [0.15, 0.2) is 11.6 Å². The summed E-state index contributed by atoms with van der Waals surface area (Å²) >= 11 is 0. The molecule has 0 aromatic rings. The Kier molecular flexibility index (Phi) is 2.41. The fraction of sp³-hybridized carbons (Fsp3) is 0.750. The molecule has 4 unspecified atom stereocenters. The summed E-state index contributed by atoms with van der Waals surface area (Å²) in [5.41, 5.74) is 5.84. The van der Waals surface area contributed by atoms with E-state index in [1.54, 1.807) is 6.92 Å². The Bertz CT molecular complexity index is 219. The van der Waals surface area contributed by atoms with Crippen LogP contribution in [0.5, 0.6) is 0 Å². The van der Waals surface area contributed by atoms with Crippen LogP contribution in [0.3, 0.4) is 0 Å². The summed E-state index contributed by atoms with van der Waals surface area (Å²) in [6.45, 7) is 1.58. The van der Waals surface area contributed by atoms with Crippen LogP contribution in [0, 0.1) is 0 Å². The van der Waals surface area contributed by atoms with E-state index in [-0.39, 0.29) is 0 Å². The Morgan fingerprint density at radius 3 is 2.58 bits per heavy atom. The molecule has 4 nitrogen and oxygen atoms in total. The van der Waals surface area contributed by atoms with Gasteiger partial charge in [-0.2, -0.15) is 0 Å². The maximum Gasteiger partial charge on any atom is 0.111 e. The van der Waals surface area contributed by atoms with E-state index >= 15 is 0 Å². The average molecular weight is 175 g/mol. The Hall–Kier alpha value is -0.420. The number of rotatable bonds is 1. The molecular weight excluding hydrogens is 158 g/mol.